The van der Waals surface area contributed by atoms with Gasteiger partial charge in [0.1, 0.15) is 0 Å². The number of carbonyl (C=O) groups excluding carboxylic acids is 1. The van der Waals surface area contributed by atoms with Gasteiger partial charge < -0.3 is 10.4 Å². The summed E-state index contributed by atoms with van der Waals surface area (Å²) in [7, 11) is 0. The minimum Gasteiger partial charge on any atom is -0.481 e. The predicted octanol–water partition coefficient (Wildman–Crippen LogP) is 2.57. The average molecular weight is 270 g/mol. The van der Waals surface area contributed by atoms with Gasteiger partial charge in [0.2, 0.25) is 0 Å². The maximum Gasteiger partial charge on any atom is 0.308 e. The zero-order valence-electron chi connectivity index (χ0n) is 10.1. The van der Waals surface area contributed by atoms with Gasteiger partial charge in [-0.1, -0.05) is 31.0 Å². The molecule has 4 nitrogen and oxygen atoms in total. The van der Waals surface area contributed by atoms with Crippen molar-refractivity contribution in [1.29, 1.82) is 0 Å². The number of halogens is 1. The highest BCUT2D eigenvalue weighted by Crippen LogP contribution is 2.11. The van der Waals surface area contributed by atoms with Crippen LogP contribution in [0.4, 0.5) is 0 Å². The molecule has 0 aliphatic heterocycles. The summed E-state index contributed by atoms with van der Waals surface area (Å²) in [5, 5.41) is 12.1. The third-order valence-electron chi connectivity index (χ3n) is 2.58. The number of carboxylic acids is 1. The molecule has 1 unspecified atom stereocenters. The molecule has 0 saturated heterocycles. The van der Waals surface area contributed by atoms with Gasteiger partial charge in [-0.3, -0.25) is 9.59 Å². The first-order chi connectivity index (χ1) is 8.54. The molecule has 0 aliphatic rings. The Kier molecular flexibility index (Phi) is 5.65. The number of hydrogen-bond acceptors (Lipinski definition) is 2. The quantitative estimate of drug-likeness (QED) is 0.834. The highest BCUT2D eigenvalue weighted by Gasteiger charge is 2.17. The molecular weight excluding hydrogens is 254 g/mol. The zero-order chi connectivity index (χ0) is 13.5. The largest absolute Gasteiger partial charge is 0.481 e. The number of hydrogen-bond donors (Lipinski definition) is 2. The number of nitrogens with one attached hydrogen (secondary N) is 1. The van der Waals surface area contributed by atoms with Crippen LogP contribution in [0.5, 0.6) is 0 Å². The number of carboxylic acid groups (broad SMARTS) is 1. The van der Waals surface area contributed by atoms with E-state index >= 15 is 0 Å². The van der Waals surface area contributed by atoms with E-state index in [0.29, 0.717) is 17.0 Å². The van der Waals surface area contributed by atoms with Crippen molar-refractivity contribution in [3.05, 3.63) is 34.9 Å². The fraction of sp³-hybridized carbons (Fsp3) is 0.385. The van der Waals surface area contributed by atoms with Gasteiger partial charge in [0.25, 0.3) is 5.91 Å². The second kappa shape index (κ2) is 7.01. The molecule has 5 heteroatoms. The SMILES string of the molecule is CCCC(CNC(=O)c1cccc(Cl)c1)C(=O)O. The maximum absolute atomic E-state index is 11.8. The number of amides is 1. The summed E-state index contributed by atoms with van der Waals surface area (Å²) >= 11 is 5.78. The molecule has 0 aromatic heterocycles. The van der Waals surface area contributed by atoms with Crippen LogP contribution in [0.3, 0.4) is 0 Å². The molecule has 1 aromatic rings. The van der Waals surface area contributed by atoms with Crippen LogP contribution < -0.4 is 5.32 Å². The average Bonchev–Trinajstić information content (AvgIpc) is 2.33. The van der Waals surface area contributed by atoms with Gasteiger partial charge in [-0.05, 0) is 24.6 Å². The third kappa shape index (κ3) is 4.37. The highest BCUT2D eigenvalue weighted by molar-refractivity contribution is 6.30. The van der Waals surface area contributed by atoms with E-state index in [9.17, 15) is 9.59 Å². The van der Waals surface area contributed by atoms with Crippen molar-refractivity contribution < 1.29 is 14.7 Å². The minimum atomic E-state index is -0.886. The monoisotopic (exact) mass is 269 g/mol. The van der Waals surface area contributed by atoms with Crippen LogP contribution in [-0.4, -0.2) is 23.5 Å². The molecule has 0 radical (unpaired) electrons. The van der Waals surface area contributed by atoms with E-state index in [4.69, 9.17) is 16.7 Å². The standard InChI is InChI=1S/C13H16ClNO3/c1-2-4-10(13(17)18)8-15-12(16)9-5-3-6-11(14)7-9/h3,5-7,10H,2,4,8H2,1H3,(H,15,16)(H,17,18). The molecule has 1 amide bonds. The Bertz CT molecular complexity index is 434. The molecule has 18 heavy (non-hydrogen) atoms. The molecule has 0 fully saturated rings. The lowest BCUT2D eigenvalue weighted by atomic mass is 10.0. The van der Waals surface area contributed by atoms with Crippen LogP contribution in [0, 0.1) is 5.92 Å². The smallest absolute Gasteiger partial charge is 0.308 e. The molecule has 1 aromatic carbocycles. The zero-order valence-corrected chi connectivity index (χ0v) is 10.9. The fourth-order valence-corrected chi connectivity index (χ4v) is 1.80. The van der Waals surface area contributed by atoms with Crippen molar-refractivity contribution in [2.24, 2.45) is 5.92 Å². The third-order valence-corrected chi connectivity index (χ3v) is 2.82. The van der Waals surface area contributed by atoms with Gasteiger partial charge in [-0.15, -0.1) is 0 Å². The Hall–Kier alpha value is -1.55. The van der Waals surface area contributed by atoms with E-state index in [0.717, 1.165) is 6.42 Å². The molecule has 98 valence electrons. The Morgan fingerprint density at radius 3 is 2.72 bits per heavy atom. The first-order valence-electron chi connectivity index (χ1n) is 5.81. The van der Waals surface area contributed by atoms with Crippen LogP contribution in [0.15, 0.2) is 24.3 Å². The summed E-state index contributed by atoms with van der Waals surface area (Å²) in [5.41, 5.74) is 0.433. The van der Waals surface area contributed by atoms with Gasteiger partial charge >= 0.3 is 5.97 Å². The molecular formula is C13H16ClNO3. The normalized spacial score (nSPS) is 11.9. The van der Waals surface area contributed by atoms with Crippen LogP contribution in [0.2, 0.25) is 5.02 Å². The lowest BCUT2D eigenvalue weighted by Gasteiger charge is -2.12. The number of benzene rings is 1. The highest BCUT2D eigenvalue weighted by atomic mass is 35.5. The molecule has 0 heterocycles. The Morgan fingerprint density at radius 2 is 2.17 bits per heavy atom. The molecule has 2 N–H and O–H groups in total. The Balaban J connectivity index is 2.57. The summed E-state index contributed by atoms with van der Waals surface area (Å²) < 4.78 is 0. The van der Waals surface area contributed by atoms with Gasteiger partial charge in [-0.2, -0.15) is 0 Å². The molecule has 0 bridgehead atoms. The minimum absolute atomic E-state index is 0.133. The van der Waals surface area contributed by atoms with Crippen LogP contribution >= 0.6 is 11.6 Å². The molecule has 0 spiro atoms. The summed E-state index contributed by atoms with van der Waals surface area (Å²) in [6.07, 6.45) is 1.31. The van der Waals surface area contributed by atoms with Crippen molar-refractivity contribution in [2.45, 2.75) is 19.8 Å². The van der Waals surface area contributed by atoms with Gasteiger partial charge in [0, 0.05) is 17.1 Å². The Labute approximate surface area is 111 Å². The van der Waals surface area contributed by atoms with Crippen molar-refractivity contribution in [3.8, 4) is 0 Å². The van der Waals surface area contributed by atoms with Crippen LogP contribution in [-0.2, 0) is 4.79 Å². The summed E-state index contributed by atoms with van der Waals surface area (Å²) in [6, 6.07) is 6.54. The molecule has 0 aliphatic carbocycles. The van der Waals surface area contributed by atoms with E-state index in [1.165, 1.54) is 0 Å². The summed E-state index contributed by atoms with van der Waals surface area (Å²) in [5.74, 6) is -1.73. The first-order valence-corrected chi connectivity index (χ1v) is 6.19. The van der Waals surface area contributed by atoms with E-state index < -0.39 is 11.9 Å². The predicted molar refractivity (Wildman–Crippen MR) is 69.8 cm³/mol. The van der Waals surface area contributed by atoms with E-state index in [1.807, 2.05) is 6.92 Å². The van der Waals surface area contributed by atoms with Gasteiger partial charge in [-0.25, -0.2) is 0 Å². The maximum atomic E-state index is 11.8. The van der Waals surface area contributed by atoms with Crippen molar-refractivity contribution in [1.82, 2.24) is 5.32 Å². The molecule has 0 saturated carbocycles. The molecule has 1 atom stereocenters. The van der Waals surface area contributed by atoms with Crippen molar-refractivity contribution in [2.75, 3.05) is 6.54 Å². The summed E-state index contributed by atoms with van der Waals surface area (Å²) in [4.78, 5) is 22.7. The number of aliphatic carboxylic acids is 1. The Morgan fingerprint density at radius 1 is 1.44 bits per heavy atom. The molecule has 1 rings (SSSR count). The van der Waals surface area contributed by atoms with Crippen molar-refractivity contribution in [3.63, 3.8) is 0 Å². The lowest BCUT2D eigenvalue weighted by Crippen LogP contribution is -2.32. The fourth-order valence-electron chi connectivity index (χ4n) is 1.61. The van der Waals surface area contributed by atoms with Crippen LogP contribution in [0.1, 0.15) is 30.1 Å². The van der Waals surface area contributed by atoms with Gasteiger partial charge in [0.15, 0.2) is 0 Å². The lowest BCUT2D eigenvalue weighted by molar-refractivity contribution is -0.141. The second-order valence-electron chi connectivity index (χ2n) is 4.04. The van der Waals surface area contributed by atoms with E-state index in [-0.39, 0.29) is 12.5 Å². The number of rotatable bonds is 6. The van der Waals surface area contributed by atoms with Crippen LogP contribution in [0.25, 0.3) is 0 Å². The second-order valence-corrected chi connectivity index (χ2v) is 4.48. The topological polar surface area (TPSA) is 66.4 Å². The van der Waals surface area contributed by atoms with Gasteiger partial charge in [0.05, 0.1) is 5.92 Å². The van der Waals surface area contributed by atoms with E-state index in [2.05, 4.69) is 5.32 Å². The first kappa shape index (κ1) is 14.5. The van der Waals surface area contributed by atoms with Crippen molar-refractivity contribution >= 4 is 23.5 Å². The number of carbonyl (C=O) groups is 2. The summed E-state index contributed by atoms with van der Waals surface area (Å²) in [6.45, 7) is 2.04. The van der Waals surface area contributed by atoms with E-state index in [1.54, 1.807) is 24.3 Å².